The predicted molar refractivity (Wildman–Crippen MR) is 106 cm³/mol. The average molecular weight is 370 g/mol. The molecule has 4 rings (SSSR count). The molecule has 2 aromatic carbocycles. The van der Waals surface area contributed by atoms with Crippen molar-refractivity contribution in [2.75, 3.05) is 32.7 Å². The smallest absolute Gasteiger partial charge is 0.145 e. The van der Waals surface area contributed by atoms with Crippen LogP contribution >= 0.6 is 11.6 Å². The lowest BCUT2D eigenvalue weighted by Gasteiger charge is -2.35. The summed E-state index contributed by atoms with van der Waals surface area (Å²) in [6, 6.07) is 18.5. The molecule has 0 N–H and O–H groups in total. The number of rotatable bonds is 5. The summed E-state index contributed by atoms with van der Waals surface area (Å²) in [6.07, 6.45) is 1.02. The first kappa shape index (κ1) is 17.5. The Morgan fingerprint density at radius 3 is 2.35 bits per heavy atom. The number of hydrogen-bond acceptors (Lipinski definition) is 4. The second kappa shape index (κ2) is 8.21. The molecule has 2 heterocycles. The standard InChI is InChI=1S/C21H24ClN3O/c22-19-8-6-18(7-9-19)21-14-20(26-23-21)16-25-12-10-24(11-13-25)15-17-4-2-1-3-5-17/h1-9,20H,10-16H2. The minimum Gasteiger partial charge on any atom is -0.390 e. The Kier molecular flexibility index (Phi) is 5.54. The predicted octanol–water partition coefficient (Wildman–Crippen LogP) is 3.65. The monoisotopic (exact) mass is 369 g/mol. The lowest BCUT2D eigenvalue weighted by Crippen LogP contribution is -2.48. The molecular formula is C21H24ClN3O. The van der Waals surface area contributed by atoms with Gasteiger partial charge < -0.3 is 4.84 Å². The maximum atomic E-state index is 5.96. The van der Waals surface area contributed by atoms with Crippen molar-refractivity contribution >= 4 is 17.3 Å². The van der Waals surface area contributed by atoms with Gasteiger partial charge in [-0.15, -0.1) is 0 Å². The van der Waals surface area contributed by atoms with Gasteiger partial charge in [-0.25, -0.2) is 0 Å². The molecule has 0 spiro atoms. The molecule has 2 aliphatic rings. The van der Waals surface area contributed by atoms with E-state index in [9.17, 15) is 0 Å². The van der Waals surface area contributed by atoms with Crippen LogP contribution in [-0.2, 0) is 11.4 Å². The highest BCUT2D eigenvalue weighted by atomic mass is 35.5. The molecule has 2 aliphatic heterocycles. The van der Waals surface area contributed by atoms with E-state index in [2.05, 4.69) is 45.3 Å². The molecule has 1 saturated heterocycles. The van der Waals surface area contributed by atoms with Gasteiger partial charge in [0.2, 0.25) is 0 Å². The Morgan fingerprint density at radius 2 is 1.62 bits per heavy atom. The number of nitrogens with zero attached hydrogens (tertiary/aromatic N) is 3. The van der Waals surface area contributed by atoms with E-state index in [4.69, 9.17) is 16.4 Å². The maximum absolute atomic E-state index is 5.96. The minimum atomic E-state index is 0.154. The van der Waals surface area contributed by atoms with Crippen LogP contribution in [0.25, 0.3) is 0 Å². The van der Waals surface area contributed by atoms with Crippen LogP contribution in [0.15, 0.2) is 59.8 Å². The third kappa shape index (κ3) is 4.44. The summed E-state index contributed by atoms with van der Waals surface area (Å²) >= 11 is 5.96. The van der Waals surface area contributed by atoms with E-state index in [1.165, 1.54) is 5.56 Å². The van der Waals surface area contributed by atoms with Crippen molar-refractivity contribution in [2.45, 2.75) is 19.1 Å². The summed E-state index contributed by atoms with van der Waals surface area (Å²) in [5.74, 6) is 0. The fraction of sp³-hybridized carbons (Fsp3) is 0.381. The fourth-order valence-corrected chi connectivity index (χ4v) is 3.72. The molecule has 0 aliphatic carbocycles. The Hall–Kier alpha value is -1.88. The molecule has 1 fully saturated rings. The number of hydrogen-bond donors (Lipinski definition) is 0. The van der Waals surface area contributed by atoms with Crippen molar-refractivity contribution in [3.8, 4) is 0 Å². The zero-order valence-corrected chi connectivity index (χ0v) is 15.6. The van der Waals surface area contributed by atoms with Crippen LogP contribution in [0, 0.1) is 0 Å². The van der Waals surface area contributed by atoms with Gasteiger partial charge in [0.15, 0.2) is 0 Å². The Balaban J connectivity index is 1.22. The van der Waals surface area contributed by atoms with Gasteiger partial charge in [-0.2, -0.15) is 0 Å². The Morgan fingerprint density at radius 1 is 0.923 bits per heavy atom. The Labute approximate surface area is 160 Å². The van der Waals surface area contributed by atoms with Crippen LogP contribution in [0.3, 0.4) is 0 Å². The molecule has 0 saturated carbocycles. The van der Waals surface area contributed by atoms with Crippen LogP contribution in [0.2, 0.25) is 5.02 Å². The maximum Gasteiger partial charge on any atom is 0.145 e. The highest BCUT2D eigenvalue weighted by Gasteiger charge is 2.26. The zero-order valence-electron chi connectivity index (χ0n) is 14.9. The van der Waals surface area contributed by atoms with E-state index in [-0.39, 0.29) is 6.10 Å². The van der Waals surface area contributed by atoms with Crippen molar-refractivity contribution in [1.29, 1.82) is 0 Å². The third-order valence-electron chi connectivity index (χ3n) is 5.09. The van der Waals surface area contributed by atoms with Gasteiger partial charge in [0.1, 0.15) is 6.10 Å². The number of benzene rings is 2. The molecule has 26 heavy (non-hydrogen) atoms. The molecule has 1 unspecified atom stereocenters. The van der Waals surface area contributed by atoms with Crippen molar-refractivity contribution in [3.05, 3.63) is 70.7 Å². The van der Waals surface area contributed by atoms with Crippen LogP contribution in [0.5, 0.6) is 0 Å². The van der Waals surface area contributed by atoms with Crippen LogP contribution in [-0.4, -0.2) is 54.3 Å². The minimum absolute atomic E-state index is 0.154. The van der Waals surface area contributed by atoms with Crippen LogP contribution in [0.1, 0.15) is 17.5 Å². The summed E-state index contributed by atoms with van der Waals surface area (Å²) in [4.78, 5) is 10.7. The van der Waals surface area contributed by atoms with Gasteiger partial charge >= 0.3 is 0 Å². The first-order valence-corrected chi connectivity index (χ1v) is 9.61. The van der Waals surface area contributed by atoms with Crippen LogP contribution < -0.4 is 0 Å². The van der Waals surface area contributed by atoms with Gasteiger partial charge in [0, 0.05) is 50.7 Å². The normalized spacial score (nSPS) is 21.4. The largest absolute Gasteiger partial charge is 0.390 e. The zero-order chi connectivity index (χ0) is 17.8. The van der Waals surface area contributed by atoms with Crippen molar-refractivity contribution in [1.82, 2.24) is 9.80 Å². The molecule has 0 aromatic heterocycles. The van der Waals surface area contributed by atoms with E-state index >= 15 is 0 Å². The molecule has 4 nitrogen and oxygen atoms in total. The van der Waals surface area contributed by atoms with Gasteiger partial charge in [0.25, 0.3) is 0 Å². The lowest BCUT2D eigenvalue weighted by molar-refractivity contribution is 0.0338. The highest BCUT2D eigenvalue weighted by molar-refractivity contribution is 6.30. The molecule has 136 valence electrons. The van der Waals surface area contributed by atoms with Crippen molar-refractivity contribution < 1.29 is 4.84 Å². The summed E-state index contributed by atoms with van der Waals surface area (Å²) in [6.45, 7) is 6.36. The lowest BCUT2D eigenvalue weighted by atomic mass is 10.0. The first-order valence-electron chi connectivity index (χ1n) is 9.23. The molecule has 0 amide bonds. The van der Waals surface area contributed by atoms with Crippen molar-refractivity contribution in [2.24, 2.45) is 5.16 Å². The third-order valence-corrected chi connectivity index (χ3v) is 5.34. The molecule has 0 bridgehead atoms. The second-order valence-corrected chi connectivity index (χ2v) is 7.48. The number of halogens is 1. The molecule has 5 heteroatoms. The summed E-state index contributed by atoms with van der Waals surface area (Å²) in [7, 11) is 0. The van der Waals surface area contributed by atoms with E-state index < -0.39 is 0 Å². The summed E-state index contributed by atoms with van der Waals surface area (Å²) < 4.78 is 0. The summed E-state index contributed by atoms with van der Waals surface area (Å²) in [5, 5.41) is 5.04. The fourth-order valence-electron chi connectivity index (χ4n) is 3.60. The van der Waals surface area contributed by atoms with Crippen LogP contribution in [0.4, 0.5) is 0 Å². The van der Waals surface area contributed by atoms with E-state index in [1.807, 2.05) is 24.3 Å². The van der Waals surface area contributed by atoms with Gasteiger partial charge in [-0.3, -0.25) is 9.80 Å². The van der Waals surface area contributed by atoms with Gasteiger partial charge in [-0.1, -0.05) is 59.2 Å². The molecular weight excluding hydrogens is 346 g/mol. The van der Waals surface area contributed by atoms with Gasteiger partial charge in [0.05, 0.1) is 5.71 Å². The molecule has 0 radical (unpaired) electrons. The average Bonchev–Trinajstić information content (AvgIpc) is 3.13. The topological polar surface area (TPSA) is 28.1 Å². The molecule has 1 atom stereocenters. The highest BCUT2D eigenvalue weighted by Crippen LogP contribution is 2.20. The second-order valence-electron chi connectivity index (χ2n) is 7.04. The van der Waals surface area contributed by atoms with Gasteiger partial charge in [-0.05, 0) is 23.3 Å². The van der Waals surface area contributed by atoms with E-state index in [0.717, 1.165) is 62.0 Å². The van der Waals surface area contributed by atoms with E-state index in [0.29, 0.717) is 0 Å². The summed E-state index contributed by atoms with van der Waals surface area (Å²) in [5.41, 5.74) is 3.51. The quantitative estimate of drug-likeness (QED) is 0.805. The first-order chi connectivity index (χ1) is 12.8. The SMILES string of the molecule is Clc1ccc(C2=NOC(CN3CCN(Cc4ccccc4)CC3)C2)cc1. The van der Waals surface area contributed by atoms with E-state index in [1.54, 1.807) is 0 Å². The number of oxime groups is 1. The Bertz CT molecular complexity index is 740. The number of piperazine rings is 1. The van der Waals surface area contributed by atoms with Crippen molar-refractivity contribution in [3.63, 3.8) is 0 Å². The molecule has 2 aromatic rings.